The summed E-state index contributed by atoms with van der Waals surface area (Å²) in [7, 11) is 0. The van der Waals surface area contributed by atoms with E-state index in [1.165, 1.54) is 0 Å². The Kier molecular flexibility index (Phi) is 2.00. The van der Waals surface area contributed by atoms with Crippen molar-refractivity contribution in [2.45, 2.75) is 20.3 Å². The van der Waals surface area contributed by atoms with Gasteiger partial charge in [-0.25, -0.2) is 0 Å². The summed E-state index contributed by atoms with van der Waals surface area (Å²) in [6, 6.07) is 0. The molecule has 0 aromatic heterocycles. The Bertz CT molecular complexity index is 203. The van der Waals surface area contributed by atoms with E-state index < -0.39 is 5.41 Å². The highest BCUT2D eigenvalue weighted by Crippen LogP contribution is 2.30. The van der Waals surface area contributed by atoms with Crippen LogP contribution in [0.1, 0.15) is 20.3 Å². The molecule has 3 nitrogen and oxygen atoms in total. The van der Waals surface area contributed by atoms with Gasteiger partial charge in [-0.15, -0.1) is 0 Å². The van der Waals surface area contributed by atoms with E-state index >= 15 is 0 Å². The number of cyclic esters (lactones) is 1. The Balaban J connectivity index is 2.68. The molecular formula is C8H12O3. The second kappa shape index (κ2) is 2.66. The highest BCUT2D eigenvalue weighted by molar-refractivity contribution is 5.81. The third-order valence-corrected chi connectivity index (χ3v) is 1.63. The molecule has 0 spiro atoms. The Labute approximate surface area is 65.7 Å². The fourth-order valence-electron chi connectivity index (χ4n) is 0.975. The lowest BCUT2D eigenvalue weighted by Crippen LogP contribution is -2.17. The smallest absolute Gasteiger partial charge is 0.320 e. The summed E-state index contributed by atoms with van der Waals surface area (Å²) in [5, 5.41) is 8.55. The molecule has 62 valence electrons. The molecule has 0 atom stereocenters. The highest BCUT2D eigenvalue weighted by atomic mass is 16.5. The van der Waals surface area contributed by atoms with Crippen LogP contribution < -0.4 is 0 Å². The van der Waals surface area contributed by atoms with E-state index in [-0.39, 0.29) is 12.6 Å². The first-order valence-corrected chi connectivity index (χ1v) is 3.61. The van der Waals surface area contributed by atoms with Crippen LogP contribution in [0.5, 0.6) is 0 Å². The summed E-state index contributed by atoms with van der Waals surface area (Å²) in [4.78, 5) is 11.0. The van der Waals surface area contributed by atoms with Crippen LogP contribution in [0.2, 0.25) is 0 Å². The highest BCUT2D eigenvalue weighted by Gasteiger charge is 2.34. The first-order chi connectivity index (χ1) is 5.06. The van der Waals surface area contributed by atoms with Gasteiger partial charge in [0.15, 0.2) is 0 Å². The van der Waals surface area contributed by atoms with Gasteiger partial charge in [0.05, 0.1) is 12.0 Å². The zero-order valence-corrected chi connectivity index (χ0v) is 6.76. The minimum Gasteiger partial charge on any atom is -0.431 e. The van der Waals surface area contributed by atoms with Crippen LogP contribution >= 0.6 is 0 Å². The summed E-state index contributed by atoms with van der Waals surface area (Å²) in [6.07, 6.45) is 2.18. The third kappa shape index (κ3) is 1.60. The second-order valence-corrected chi connectivity index (χ2v) is 3.20. The summed E-state index contributed by atoms with van der Waals surface area (Å²) >= 11 is 0. The van der Waals surface area contributed by atoms with Gasteiger partial charge in [0, 0.05) is 6.42 Å². The van der Waals surface area contributed by atoms with Gasteiger partial charge in [0.25, 0.3) is 0 Å². The summed E-state index contributed by atoms with van der Waals surface area (Å²) < 4.78 is 4.88. The lowest BCUT2D eigenvalue weighted by Gasteiger charge is -2.07. The van der Waals surface area contributed by atoms with Gasteiger partial charge in [0.2, 0.25) is 0 Å². The quantitative estimate of drug-likeness (QED) is 0.602. The fraction of sp³-hybridized carbons (Fsp3) is 0.625. The number of hydrogen-bond acceptors (Lipinski definition) is 3. The number of rotatable bonds is 2. The molecule has 1 aliphatic rings. The van der Waals surface area contributed by atoms with Gasteiger partial charge >= 0.3 is 5.97 Å². The number of aliphatic hydroxyl groups excluding tert-OH is 1. The van der Waals surface area contributed by atoms with E-state index in [1.54, 1.807) is 19.9 Å². The molecule has 0 aromatic carbocycles. The van der Waals surface area contributed by atoms with Gasteiger partial charge in [-0.1, -0.05) is 0 Å². The molecule has 0 radical (unpaired) electrons. The van der Waals surface area contributed by atoms with Crippen molar-refractivity contribution in [1.82, 2.24) is 0 Å². The minimum atomic E-state index is -0.509. The van der Waals surface area contributed by atoms with Crippen molar-refractivity contribution in [3.63, 3.8) is 0 Å². The standard InChI is InChI=1S/C8H12O3/c1-8(2)5-6(3-4-9)11-7(8)10/h5,9H,3-4H2,1-2H3. The van der Waals surface area contributed by atoms with Crippen LogP contribution in [-0.4, -0.2) is 17.7 Å². The van der Waals surface area contributed by atoms with E-state index in [9.17, 15) is 4.79 Å². The third-order valence-electron chi connectivity index (χ3n) is 1.63. The largest absolute Gasteiger partial charge is 0.431 e. The predicted molar refractivity (Wildman–Crippen MR) is 39.7 cm³/mol. The van der Waals surface area contributed by atoms with Crippen molar-refractivity contribution in [3.05, 3.63) is 11.8 Å². The van der Waals surface area contributed by atoms with Crippen LogP contribution in [0.15, 0.2) is 11.8 Å². The predicted octanol–water partition coefficient (Wildman–Crippen LogP) is 0.836. The number of carbonyl (C=O) groups is 1. The van der Waals surface area contributed by atoms with E-state index in [0.29, 0.717) is 12.2 Å². The summed E-state index contributed by atoms with van der Waals surface area (Å²) in [5.41, 5.74) is -0.509. The van der Waals surface area contributed by atoms with Crippen molar-refractivity contribution in [2.75, 3.05) is 6.61 Å². The van der Waals surface area contributed by atoms with Gasteiger partial charge in [-0.3, -0.25) is 4.79 Å². The molecule has 0 unspecified atom stereocenters. The topological polar surface area (TPSA) is 46.5 Å². The molecule has 1 heterocycles. The van der Waals surface area contributed by atoms with Crippen LogP contribution in [0.3, 0.4) is 0 Å². The molecule has 0 saturated carbocycles. The number of ether oxygens (including phenoxy) is 1. The molecule has 1 rings (SSSR count). The Morgan fingerprint density at radius 3 is 2.64 bits per heavy atom. The molecule has 0 aromatic rings. The first kappa shape index (κ1) is 8.27. The average Bonchev–Trinajstić information content (AvgIpc) is 2.08. The molecule has 1 N–H and O–H groups in total. The lowest BCUT2D eigenvalue weighted by molar-refractivity contribution is -0.143. The normalized spacial score (nSPS) is 21.4. The van der Waals surface area contributed by atoms with Gasteiger partial charge in [-0.2, -0.15) is 0 Å². The van der Waals surface area contributed by atoms with E-state index in [4.69, 9.17) is 9.84 Å². The van der Waals surface area contributed by atoms with Crippen molar-refractivity contribution in [3.8, 4) is 0 Å². The Morgan fingerprint density at radius 1 is 1.64 bits per heavy atom. The zero-order valence-electron chi connectivity index (χ0n) is 6.76. The molecule has 0 bridgehead atoms. The van der Waals surface area contributed by atoms with E-state index in [0.717, 1.165) is 0 Å². The molecule has 0 amide bonds. The minimum absolute atomic E-state index is 0.0230. The molecule has 0 saturated heterocycles. The van der Waals surface area contributed by atoms with Crippen LogP contribution in [-0.2, 0) is 9.53 Å². The maximum Gasteiger partial charge on any atom is 0.320 e. The second-order valence-electron chi connectivity index (χ2n) is 3.20. The molecule has 0 fully saturated rings. The number of carbonyl (C=O) groups excluding carboxylic acids is 1. The Morgan fingerprint density at radius 2 is 2.27 bits per heavy atom. The average molecular weight is 156 g/mol. The zero-order chi connectivity index (χ0) is 8.48. The van der Waals surface area contributed by atoms with Gasteiger partial charge in [0.1, 0.15) is 5.76 Å². The molecular weight excluding hydrogens is 144 g/mol. The molecule has 0 aliphatic carbocycles. The number of aliphatic hydroxyl groups is 1. The summed E-state index contributed by atoms with van der Waals surface area (Å²) in [5.74, 6) is 0.350. The van der Waals surface area contributed by atoms with Gasteiger partial charge < -0.3 is 9.84 Å². The lowest BCUT2D eigenvalue weighted by atomic mass is 9.95. The molecule has 3 heteroatoms. The van der Waals surface area contributed by atoms with Gasteiger partial charge in [-0.05, 0) is 19.9 Å². The van der Waals surface area contributed by atoms with E-state index in [1.807, 2.05) is 0 Å². The first-order valence-electron chi connectivity index (χ1n) is 3.61. The van der Waals surface area contributed by atoms with Crippen LogP contribution in [0, 0.1) is 5.41 Å². The van der Waals surface area contributed by atoms with Crippen molar-refractivity contribution < 1.29 is 14.6 Å². The van der Waals surface area contributed by atoms with Crippen LogP contribution in [0.25, 0.3) is 0 Å². The fourth-order valence-corrected chi connectivity index (χ4v) is 0.975. The maximum absolute atomic E-state index is 11.0. The van der Waals surface area contributed by atoms with E-state index in [2.05, 4.69) is 0 Å². The van der Waals surface area contributed by atoms with Crippen molar-refractivity contribution in [2.24, 2.45) is 5.41 Å². The SMILES string of the molecule is CC1(C)C=C(CCO)OC1=O. The van der Waals surface area contributed by atoms with Crippen molar-refractivity contribution in [1.29, 1.82) is 0 Å². The Hall–Kier alpha value is -0.830. The monoisotopic (exact) mass is 156 g/mol. The number of esters is 1. The number of hydrogen-bond donors (Lipinski definition) is 1. The maximum atomic E-state index is 11.0. The summed E-state index contributed by atoms with van der Waals surface area (Å²) in [6.45, 7) is 3.61. The molecule has 11 heavy (non-hydrogen) atoms. The van der Waals surface area contributed by atoms with Crippen molar-refractivity contribution >= 4 is 5.97 Å². The van der Waals surface area contributed by atoms with Crippen LogP contribution in [0.4, 0.5) is 0 Å². The molecule has 1 aliphatic heterocycles.